The van der Waals surface area contributed by atoms with Gasteiger partial charge in [0.1, 0.15) is 6.54 Å². The number of halogens is 3. The lowest BCUT2D eigenvalue weighted by Gasteiger charge is -2.12. The van der Waals surface area contributed by atoms with E-state index in [1.165, 1.54) is 18.2 Å². The number of aryl methyl sites for hydroxylation is 1. The number of alkyl halides is 3. The lowest BCUT2D eigenvalue weighted by Crippen LogP contribution is -2.33. The van der Waals surface area contributed by atoms with E-state index in [1.807, 2.05) is 0 Å². The van der Waals surface area contributed by atoms with Gasteiger partial charge < -0.3 is 21.7 Å². The molecule has 5 N–H and O–H groups in total. The highest BCUT2D eigenvalue weighted by atomic mass is 19.4. The molecule has 2 aromatic carbocycles. The molecule has 2 aromatic rings. The minimum atomic E-state index is -4.52. The van der Waals surface area contributed by atoms with Gasteiger partial charge in [-0.1, -0.05) is 18.2 Å². The lowest BCUT2D eigenvalue weighted by molar-refractivity contribution is -0.123. The number of amides is 4. The summed E-state index contributed by atoms with van der Waals surface area (Å²) in [5.74, 6) is -1.36. The molecule has 0 aliphatic carbocycles. The van der Waals surface area contributed by atoms with Crippen molar-refractivity contribution in [2.45, 2.75) is 19.6 Å². The minimum Gasteiger partial charge on any atom is -0.352 e. The number of urea groups is 1. The molecular formula is C19H19F3N4O3. The molecule has 0 fully saturated rings. The highest BCUT2D eigenvalue weighted by Crippen LogP contribution is 2.19. The van der Waals surface area contributed by atoms with Crippen molar-refractivity contribution in [2.75, 3.05) is 11.9 Å². The summed E-state index contributed by atoms with van der Waals surface area (Å²) < 4.78 is 36.8. The summed E-state index contributed by atoms with van der Waals surface area (Å²) in [6, 6.07) is 9.90. The molecule has 10 heteroatoms. The van der Waals surface area contributed by atoms with Crippen molar-refractivity contribution in [2.24, 2.45) is 5.73 Å². The molecule has 0 atom stereocenters. The maximum Gasteiger partial charge on any atom is 0.405 e. The van der Waals surface area contributed by atoms with Crippen LogP contribution >= 0.6 is 0 Å². The first-order valence-corrected chi connectivity index (χ1v) is 8.44. The van der Waals surface area contributed by atoms with Crippen LogP contribution in [-0.2, 0) is 6.54 Å². The number of nitrogens with one attached hydrogen (secondary N) is 3. The Morgan fingerprint density at radius 3 is 2.14 bits per heavy atom. The normalized spacial score (nSPS) is 10.9. The summed E-state index contributed by atoms with van der Waals surface area (Å²) >= 11 is 0. The summed E-state index contributed by atoms with van der Waals surface area (Å²) in [4.78, 5) is 35.0. The smallest absolute Gasteiger partial charge is 0.352 e. The third-order valence-corrected chi connectivity index (χ3v) is 3.88. The van der Waals surface area contributed by atoms with E-state index < -0.39 is 30.6 Å². The maximum absolute atomic E-state index is 12.4. The Hall–Kier alpha value is -3.56. The monoisotopic (exact) mass is 408 g/mol. The van der Waals surface area contributed by atoms with Crippen molar-refractivity contribution < 1.29 is 27.6 Å². The molecular weight excluding hydrogens is 389 g/mol. The summed E-state index contributed by atoms with van der Waals surface area (Å²) in [5, 5.41) is 6.84. The van der Waals surface area contributed by atoms with Gasteiger partial charge in [0, 0.05) is 23.4 Å². The summed E-state index contributed by atoms with van der Waals surface area (Å²) in [6.07, 6.45) is -4.52. The molecule has 0 radical (unpaired) electrons. The van der Waals surface area contributed by atoms with Gasteiger partial charge >= 0.3 is 12.2 Å². The number of anilines is 1. The van der Waals surface area contributed by atoms with E-state index in [9.17, 15) is 27.6 Å². The number of nitrogens with two attached hydrogens (primary N) is 1. The molecule has 0 saturated carbocycles. The third kappa shape index (κ3) is 6.83. The molecule has 0 saturated heterocycles. The summed E-state index contributed by atoms with van der Waals surface area (Å²) in [6.45, 7) is 0.454. The first kappa shape index (κ1) is 21.7. The van der Waals surface area contributed by atoms with Crippen LogP contribution in [0.15, 0.2) is 42.5 Å². The Balaban J connectivity index is 2.07. The van der Waals surface area contributed by atoms with E-state index in [4.69, 9.17) is 5.73 Å². The Morgan fingerprint density at radius 1 is 0.931 bits per heavy atom. The molecule has 154 valence electrons. The van der Waals surface area contributed by atoms with Crippen LogP contribution in [-0.4, -0.2) is 30.6 Å². The predicted octanol–water partition coefficient (Wildman–Crippen LogP) is 2.71. The summed E-state index contributed by atoms with van der Waals surface area (Å²) in [7, 11) is 0. The van der Waals surface area contributed by atoms with Crippen molar-refractivity contribution in [1.82, 2.24) is 10.6 Å². The van der Waals surface area contributed by atoms with Crippen molar-refractivity contribution in [1.29, 1.82) is 0 Å². The Bertz CT molecular complexity index is 912. The minimum absolute atomic E-state index is 0.0111. The molecule has 0 heterocycles. The molecule has 29 heavy (non-hydrogen) atoms. The largest absolute Gasteiger partial charge is 0.405 e. The highest BCUT2D eigenvalue weighted by Gasteiger charge is 2.28. The molecule has 0 bridgehead atoms. The van der Waals surface area contributed by atoms with Crippen LogP contribution in [0.4, 0.5) is 23.7 Å². The fourth-order valence-electron chi connectivity index (χ4n) is 2.34. The van der Waals surface area contributed by atoms with Crippen LogP contribution in [0.25, 0.3) is 0 Å². The van der Waals surface area contributed by atoms with Crippen LogP contribution < -0.4 is 21.7 Å². The highest BCUT2D eigenvalue weighted by molar-refractivity contribution is 6.05. The average molecular weight is 408 g/mol. The fourth-order valence-corrected chi connectivity index (χ4v) is 2.34. The second-order valence-electron chi connectivity index (χ2n) is 6.20. The van der Waals surface area contributed by atoms with Gasteiger partial charge in [0.15, 0.2) is 0 Å². The number of benzene rings is 2. The van der Waals surface area contributed by atoms with E-state index in [1.54, 1.807) is 36.5 Å². The van der Waals surface area contributed by atoms with Gasteiger partial charge in [0.05, 0.1) is 0 Å². The average Bonchev–Trinajstić information content (AvgIpc) is 2.66. The van der Waals surface area contributed by atoms with Gasteiger partial charge in [-0.3, -0.25) is 9.59 Å². The molecule has 2 rings (SSSR count). The molecule has 0 aliphatic rings. The number of carbonyl (C=O) groups is 3. The van der Waals surface area contributed by atoms with Crippen LogP contribution in [0.1, 0.15) is 31.8 Å². The van der Waals surface area contributed by atoms with E-state index in [2.05, 4.69) is 10.6 Å². The molecule has 4 amide bonds. The zero-order valence-electron chi connectivity index (χ0n) is 15.4. The topological polar surface area (TPSA) is 113 Å². The quantitative estimate of drug-likeness (QED) is 0.589. The molecule has 0 spiro atoms. The zero-order chi connectivity index (χ0) is 21.6. The van der Waals surface area contributed by atoms with E-state index in [0.717, 1.165) is 5.56 Å². The maximum atomic E-state index is 12.4. The van der Waals surface area contributed by atoms with Gasteiger partial charge in [0.2, 0.25) is 0 Å². The first-order valence-electron chi connectivity index (χ1n) is 8.44. The van der Waals surface area contributed by atoms with Crippen molar-refractivity contribution in [3.8, 4) is 0 Å². The van der Waals surface area contributed by atoms with E-state index in [0.29, 0.717) is 16.8 Å². The van der Waals surface area contributed by atoms with Crippen molar-refractivity contribution in [3.63, 3.8) is 0 Å². The lowest BCUT2D eigenvalue weighted by atomic mass is 10.1. The molecule has 7 nitrogen and oxygen atoms in total. The predicted molar refractivity (Wildman–Crippen MR) is 100 cm³/mol. The summed E-state index contributed by atoms with van der Waals surface area (Å²) in [5.41, 5.74) is 6.97. The van der Waals surface area contributed by atoms with Crippen molar-refractivity contribution in [3.05, 3.63) is 64.7 Å². The van der Waals surface area contributed by atoms with E-state index >= 15 is 0 Å². The number of rotatable bonds is 6. The van der Waals surface area contributed by atoms with Crippen LogP contribution in [0.3, 0.4) is 0 Å². The standard InChI is InChI=1S/C19H19F3N4O3/c1-11-2-5-14(16(27)25-10-19(20,21)22)8-15(11)26-17(28)13-6-3-12(4-7-13)9-24-18(23)29/h2-8H,9-10H2,1H3,(H,25,27)(H,26,28)(H3,23,24,29). The first-order chi connectivity index (χ1) is 13.5. The molecule has 0 aromatic heterocycles. The van der Waals surface area contributed by atoms with Gasteiger partial charge in [-0.2, -0.15) is 13.2 Å². The molecule has 0 unspecified atom stereocenters. The van der Waals surface area contributed by atoms with Gasteiger partial charge in [-0.15, -0.1) is 0 Å². The SMILES string of the molecule is Cc1ccc(C(=O)NCC(F)(F)F)cc1NC(=O)c1ccc(CNC(N)=O)cc1. The molecule has 0 aliphatic heterocycles. The number of hydrogen-bond acceptors (Lipinski definition) is 3. The van der Waals surface area contributed by atoms with Crippen molar-refractivity contribution >= 4 is 23.5 Å². The van der Waals surface area contributed by atoms with Gasteiger partial charge in [0.25, 0.3) is 11.8 Å². The van der Waals surface area contributed by atoms with Crippen LogP contribution in [0, 0.1) is 6.92 Å². The Labute approximate surface area is 164 Å². The number of primary amides is 1. The zero-order valence-corrected chi connectivity index (χ0v) is 15.4. The second kappa shape index (κ2) is 9.09. The van der Waals surface area contributed by atoms with Crippen LogP contribution in [0.2, 0.25) is 0 Å². The van der Waals surface area contributed by atoms with Gasteiger partial charge in [-0.05, 0) is 42.3 Å². The second-order valence-corrected chi connectivity index (χ2v) is 6.20. The van der Waals surface area contributed by atoms with Gasteiger partial charge in [-0.25, -0.2) is 4.79 Å². The van der Waals surface area contributed by atoms with Crippen LogP contribution in [0.5, 0.6) is 0 Å². The third-order valence-electron chi connectivity index (χ3n) is 3.88. The number of hydrogen-bond donors (Lipinski definition) is 4. The Morgan fingerprint density at radius 2 is 1.55 bits per heavy atom. The number of carbonyl (C=O) groups excluding carboxylic acids is 3. The fraction of sp³-hybridized carbons (Fsp3) is 0.211. The van der Waals surface area contributed by atoms with E-state index in [-0.39, 0.29) is 12.1 Å². The Kier molecular flexibility index (Phi) is 6.81.